The van der Waals surface area contributed by atoms with Crippen molar-refractivity contribution in [3.05, 3.63) is 59.8 Å². The Morgan fingerprint density at radius 3 is 2.41 bits per heavy atom. The molecule has 22 heavy (non-hydrogen) atoms. The van der Waals surface area contributed by atoms with E-state index in [1.165, 1.54) is 0 Å². The first-order chi connectivity index (χ1) is 10.2. The van der Waals surface area contributed by atoms with Crippen LogP contribution in [-0.4, -0.2) is 16.5 Å². The Morgan fingerprint density at radius 2 is 1.86 bits per heavy atom. The van der Waals surface area contributed by atoms with Crippen LogP contribution >= 0.6 is 0 Å². The summed E-state index contributed by atoms with van der Waals surface area (Å²) in [6, 6.07) is 0. The van der Waals surface area contributed by atoms with Crippen LogP contribution in [0.15, 0.2) is 59.8 Å². The second kappa shape index (κ2) is 10.1. The average molecular weight is 302 g/mol. The van der Waals surface area contributed by atoms with Crippen molar-refractivity contribution < 1.29 is 9.90 Å². The predicted molar refractivity (Wildman–Crippen MR) is 95.8 cm³/mol. The van der Waals surface area contributed by atoms with Gasteiger partial charge in [0.25, 0.3) is 0 Å². The maximum absolute atomic E-state index is 11.7. The van der Waals surface area contributed by atoms with E-state index >= 15 is 0 Å². The number of aliphatic hydroxyl groups is 1. The SMILES string of the molecule is C=C/C(C)=C\C=C\[C@@](C)(O)CC/C=C(\C)CC(=O)C=C(C)C. The van der Waals surface area contributed by atoms with Gasteiger partial charge >= 0.3 is 0 Å². The summed E-state index contributed by atoms with van der Waals surface area (Å²) >= 11 is 0. The van der Waals surface area contributed by atoms with Gasteiger partial charge in [0.15, 0.2) is 5.78 Å². The van der Waals surface area contributed by atoms with E-state index in [1.807, 2.05) is 45.9 Å². The van der Waals surface area contributed by atoms with Gasteiger partial charge in [-0.05, 0) is 53.5 Å². The highest BCUT2D eigenvalue weighted by Gasteiger charge is 2.14. The second-order valence-electron chi connectivity index (χ2n) is 6.29. The summed E-state index contributed by atoms with van der Waals surface area (Å²) in [5.41, 5.74) is 2.28. The van der Waals surface area contributed by atoms with E-state index < -0.39 is 5.60 Å². The van der Waals surface area contributed by atoms with Gasteiger partial charge < -0.3 is 5.11 Å². The fourth-order valence-corrected chi connectivity index (χ4v) is 1.89. The molecule has 2 heteroatoms. The lowest BCUT2D eigenvalue weighted by molar-refractivity contribution is -0.114. The van der Waals surface area contributed by atoms with Crippen LogP contribution in [-0.2, 0) is 4.79 Å². The summed E-state index contributed by atoms with van der Waals surface area (Å²) in [5.74, 6) is 0.130. The molecule has 0 unspecified atom stereocenters. The quantitative estimate of drug-likeness (QED) is 0.366. The molecule has 0 radical (unpaired) electrons. The zero-order valence-corrected chi connectivity index (χ0v) is 14.6. The van der Waals surface area contributed by atoms with Crippen molar-refractivity contribution >= 4 is 5.78 Å². The van der Waals surface area contributed by atoms with Crippen LogP contribution in [0.1, 0.15) is 53.9 Å². The van der Waals surface area contributed by atoms with Gasteiger partial charge in [0.2, 0.25) is 0 Å². The molecule has 0 saturated heterocycles. The highest BCUT2D eigenvalue weighted by molar-refractivity contribution is 5.91. The minimum atomic E-state index is -0.849. The van der Waals surface area contributed by atoms with Gasteiger partial charge in [-0.2, -0.15) is 0 Å². The number of hydrogen-bond donors (Lipinski definition) is 1. The van der Waals surface area contributed by atoms with E-state index in [4.69, 9.17) is 0 Å². The molecule has 1 atom stereocenters. The highest BCUT2D eigenvalue weighted by Crippen LogP contribution is 2.16. The lowest BCUT2D eigenvalue weighted by Gasteiger charge is -2.17. The first-order valence-electron chi connectivity index (χ1n) is 7.70. The Labute approximate surface area is 135 Å². The molecule has 0 aliphatic heterocycles. The van der Waals surface area contributed by atoms with E-state index in [2.05, 4.69) is 6.58 Å². The maximum atomic E-state index is 11.7. The van der Waals surface area contributed by atoms with Crippen molar-refractivity contribution in [2.75, 3.05) is 0 Å². The van der Waals surface area contributed by atoms with Gasteiger partial charge in [-0.1, -0.05) is 53.7 Å². The van der Waals surface area contributed by atoms with E-state index in [1.54, 1.807) is 25.2 Å². The minimum absolute atomic E-state index is 0.130. The van der Waals surface area contributed by atoms with Crippen molar-refractivity contribution in [2.24, 2.45) is 0 Å². The summed E-state index contributed by atoms with van der Waals surface area (Å²) in [4.78, 5) is 11.7. The third-order valence-corrected chi connectivity index (χ3v) is 3.18. The highest BCUT2D eigenvalue weighted by atomic mass is 16.3. The standard InChI is InChI=1S/C20H30O2/c1-7-17(4)10-8-12-20(6,22)13-9-11-18(5)15-19(21)14-16(2)3/h7-8,10-12,14,22H,1,9,13,15H2,2-6H3/b12-8+,17-10-,18-11+/t20-/m1/s1. The summed E-state index contributed by atoms with van der Waals surface area (Å²) < 4.78 is 0. The topological polar surface area (TPSA) is 37.3 Å². The number of hydrogen-bond acceptors (Lipinski definition) is 2. The Balaban J connectivity index is 4.42. The van der Waals surface area contributed by atoms with E-state index in [-0.39, 0.29) is 5.78 Å². The molecule has 1 N–H and O–H groups in total. The molecular formula is C20H30O2. The van der Waals surface area contributed by atoms with Crippen molar-refractivity contribution in [2.45, 2.75) is 59.5 Å². The zero-order chi connectivity index (χ0) is 17.2. The molecule has 0 bridgehead atoms. The molecule has 0 fully saturated rings. The first kappa shape index (κ1) is 20.3. The van der Waals surface area contributed by atoms with E-state index in [0.29, 0.717) is 12.8 Å². The Morgan fingerprint density at radius 1 is 1.23 bits per heavy atom. The molecule has 0 aromatic rings. The van der Waals surface area contributed by atoms with Crippen LogP contribution in [0.5, 0.6) is 0 Å². The van der Waals surface area contributed by atoms with Gasteiger partial charge in [0.1, 0.15) is 0 Å². The third kappa shape index (κ3) is 11.0. The first-order valence-corrected chi connectivity index (χ1v) is 7.70. The van der Waals surface area contributed by atoms with E-state index in [0.717, 1.165) is 23.1 Å². The molecule has 0 aliphatic rings. The molecular weight excluding hydrogens is 272 g/mol. The average Bonchev–Trinajstić information content (AvgIpc) is 2.36. The molecule has 0 saturated carbocycles. The van der Waals surface area contributed by atoms with Crippen LogP contribution < -0.4 is 0 Å². The second-order valence-corrected chi connectivity index (χ2v) is 6.29. The summed E-state index contributed by atoms with van der Waals surface area (Å²) in [5, 5.41) is 10.3. The monoisotopic (exact) mass is 302 g/mol. The van der Waals surface area contributed by atoms with Gasteiger partial charge in [-0.15, -0.1) is 0 Å². The molecule has 122 valence electrons. The van der Waals surface area contributed by atoms with Gasteiger partial charge in [0, 0.05) is 6.42 Å². The summed E-state index contributed by atoms with van der Waals surface area (Å²) in [7, 11) is 0. The molecule has 0 aliphatic carbocycles. The Hall–Kier alpha value is -1.67. The molecule has 0 rings (SSSR count). The molecule has 0 amide bonds. The summed E-state index contributed by atoms with van der Waals surface area (Å²) in [6.07, 6.45) is 12.9. The number of ketones is 1. The largest absolute Gasteiger partial charge is 0.386 e. The maximum Gasteiger partial charge on any atom is 0.159 e. The number of carbonyl (C=O) groups is 1. The minimum Gasteiger partial charge on any atom is -0.386 e. The Kier molecular flexibility index (Phi) is 9.35. The van der Waals surface area contributed by atoms with Crippen molar-refractivity contribution in [1.29, 1.82) is 0 Å². The van der Waals surface area contributed by atoms with Gasteiger partial charge in [-0.25, -0.2) is 0 Å². The Bertz CT molecular complexity index is 496. The fourth-order valence-electron chi connectivity index (χ4n) is 1.89. The van der Waals surface area contributed by atoms with E-state index in [9.17, 15) is 9.90 Å². The van der Waals surface area contributed by atoms with Crippen molar-refractivity contribution in [1.82, 2.24) is 0 Å². The molecule has 0 aromatic carbocycles. The predicted octanol–water partition coefficient (Wildman–Crippen LogP) is 5.08. The summed E-state index contributed by atoms with van der Waals surface area (Å²) in [6.45, 7) is 13.2. The van der Waals surface area contributed by atoms with Crippen LogP contribution in [0.4, 0.5) is 0 Å². The number of allylic oxidation sites excluding steroid dienone is 8. The van der Waals surface area contributed by atoms with Crippen LogP contribution in [0.3, 0.4) is 0 Å². The van der Waals surface area contributed by atoms with Crippen LogP contribution in [0.2, 0.25) is 0 Å². The normalized spacial score (nSPS) is 15.5. The number of carbonyl (C=O) groups excluding carboxylic acids is 1. The molecule has 0 spiro atoms. The van der Waals surface area contributed by atoms with Crippen LogP contribution in [0, 0.1) is 0 Å². The van der Waals surface area contributed by atoms with Gasteiger partial charge in [0.05, 0.1) is 5.60 Å². The van der Waals surface area contributed by atoms with Crippen molar-refractivity contribution in [3.63, 3.8) is 0 Å². The molecule has 0 heterocycles. The number of rotatable bonds is 9. The lowest BCUT2D eigenvalue weighted by atomic mass is 9.98. The zero-order valence-electron chi connectivity index (χ0n) is 14.6. The molecule has 2 nitrogen and oxygen atoms in total. The molecule has 0 aromatic heterocycles. The van der Waals surface area contributed by atoms with Gasteiger partial charge in [-0.3, -0.25) is 4.79 Å². The smallest absolute Gasteiger partial charge is 0.159 e. The fraction of sp³-hybridized carbons (Fsp3) is 0.450. The lowest BCUT2D eigenvalue weighted by Crippen LogP contribution is -2.19. The van der Waals surface area contributed by atoms with Crippen LogP contribution in [0.25, 0.3) is 0 Å². The van der Waals surface area contributed by atoms with Crippen molar-refractivity contribution in [3.8, 4) is 0 Å². The third-order valence-electron chi connectivity index (χ3n) is 3.18.